The van der Waals surface area contributed by atoms with Gasteiger partial charge in [-0.05, 0) is 64.7 Å². The first-order valence-electron chi connectivity index (χ1n) is 16.8. The third-order valence-electron chi connectivity index (χ3n) is 10.1. The monoisotopic (exact) mass is 638 g/mol. The van der Waals surface area contributed by atoms with Gasteiger partial charge >= 0.3 is 0 Å². The summed E-state index contributed by atoms with van der Waals surface area (Å²) in [5, 5.41) is 5.68. The van der Waals surface area contributed by atoms with Gasteiger partial charge in [0, 0.05) is 32.7 Å². The van der Waals surface area contributed by atoms with Gasteiger partial charge in [0.2, 0.25) is 0 Å². The van der Waals surface area contributed by atoms with Gasteiger partial charge < -0.3 is 8.82 Å². The molecule has 0 atom stereocenters. The fourth-order valence-electron chi connectivity index (χ4n) is 7.80. The highest BCUT2D eigenvalue weighted by molar-refractivity contribution is 6.30. The first-order valence-corrected chi connectivity index (χ1v) is 16.8. The zero-order valence-electron chi connectivity index (χ0n) is 26.7. The quantitative estimate of drug-likeness (QED) is 0.192. The van der Waals surface area contributed by atoms with Crippen molar-refractivity contribution in [1.82, 2.24) is 19.4 Å². The number of fused-ring (bicyclic) bond motifs is 9. The van der Waals surface area contributed by atoms with Gasteiger partial charge in [-0.15, -0.1) is 0 Å². The third kappa shape index (κ3) is 3.92. The van der Waals surface area contributed by atoms with Crippen LogP contribution in [0.2, 0.25) is 0 Å². The summed E-state index contributed by atoms with van der Waals surface area (Å²) in [6, 6.07) is 53.4. The van der Waals surface area contributed by atoms with Crippen molar-refractivity contribution in [3.63, 3.8) is 0 Å². The Morgan fingerprint density at radius 2 is 1.12 bits per heavy atom. The number of nitrogens with zero attached hydrogens (tertiary/aromatic N) is 4. The van der Waals surface area contributed by atoms with Crippen LogP contribution in [-0.2, 0) is 0 Å². The molecule has 5 heteroatoms. The van der Waals surface area contributed by atoms with Gasteiger partial charge in [-0.25, -0.2) is 15.0 Å². The molecule has 0 amide bonds. The maximum Gasteiger partial charge on any atom is 0.182 e. The Hall–Kier alpha value is -6.85. The molecule has 0 N–H and O–H groups in total. The van der Waals surface area contributed by atoms with Crippen LogP contribution in [0, 0.1) is 0 Å². The van der Waals surface area contributed by atoms with Crippen LogP contribution in [-0.4, -0.2) is 19.4 Å². The van der Waals surface area contributed by atoms with Gasteiger partial charge in [0.1, 0.15) is 5.52 Å². The summed E-state index contributed by atoms with van der Waals surface area (Å²) < 4.78 is 8.40. The predicted molar refractivity (Wildman–Crippen MR) is 204 cm³/mol. The number of para-hydroxylation sites is 2. The van der Waals surface area contributed by atoms with Crippen LogP contribution in [0.15, 0.2) is 162 Å². The number of aromatic nitrogens is 4. The molecule has 0 unspecified atom stereocenters. The maximum absolute atomic E-state index is 6.03. The molecule has 0 bridgehead atoms. The van der Waals surface area contributed by atoms with E-state index >= 15 is 0 Å². The lowest BCUT2D eigenvalue weighted by atomic mass is 9.98. The van der Waals surface area contributed by atoms with E-state index in [1.807, 2.05) is 12.1 Å². The van der Waals surface area contributed by atoms with Crippen LogP contribution in [0.3, 0.4) is 0 Å². The first kappa shape index (κ1) is 27.1. The Morgan fingerprint density at radius 3 is 2.02 bits per heavy atom. The van der Waals surface area contributed by atoms with Gasteiger partial charge in [-0.2, -0.15) is 0 Å². The number of hydrogen-bond donors (Lipinski definition) is 0. The first-order chi connectivity index (χ1) is 24.8. The van der Waals surface area contributed by atoms with Gasteiger partial charge in [-0.1, -0.05) is 109 Å². The molecule has 7 aromatic carbocycles. The summed E-state index contributed by atoms with van der Waals surface area (Å²) in [6.07, 6.45) is 1.55. The molecule has 50 heavy (non-hydrogen) atoms. The summed E-state index contributed by atoms with van der Waals surface area (Å²) in [5.41, 5.74) is 13.6. The van der Waals surface area contributed by atoms with Crippen molar-refractivity contribution in [1.29, 1.82) is 0 Å². The zero-order chi connectivity index (χ0) is 32.8. The molecule has 0 aliphatic carbocycles. The SMILES string of the molecule is c1ccc(-c2cccc(-c3nc(-c4cccc(-c5ccc6c(c5)c5c7ocnc7cc7c8ccccc8n6c75)c4)nc4ccccc34)c2)cc1. The number of rotatable bonds is 4. The Morgan fingerprint density at radius 1 is 0.440 bits per heavy atom. The molecule has 4 heterocycles. The molecule has 11 rings (SSSR count). The van der Waals surface area contributed by atoms with Crippen LogP contribution >= 0.6 is 0 Å². The molecule has 0 saturated carbocycles. The second-order valence-corrected chi connectivity index (χ2v) is 12.9. The van der Waals surface area contributed by atoms with Crippen molar-refractivity contribution in [2.24, 2.45) is 0 Å². The van der Waals surface area contributed by atoms with Crippen LogP contribution in [0.1, 0.15) is 0 Å². The predicted octanol–water partition coefficient (Wildman–Crippen LogP) is 11.6. The molecular formula is C45H26N4O. The Kier molecular flexibility index (Phi) is 5.60. The summed E-state index contributed by atoms with van der Waals surface area (Å²) >= 11 is 0. The van der Waals surface area contributed by atoms with E-state index in [-0.39, 0.29) is 0 Å². The molecule has 232 valence electrons. The van der Waals surface area contributed by atoms with E-state index in [4.69, 9.17) is 14.4 Å². The summed E-state index contributed by atoms with van der Waals surface area (Å²) in [7, 11) is 0. The third-order valence-corrected chi connectivity index (χ3v) is 10.1. The lowest BCUT2D eigenvalue weighted by molar-refractivity contribution is 0.605. The van der Waals surface area contributed by atoms with Gasteiger partial charge in [0.25, 0.3) is 0 Å². The molecule has 0 spiro atoms. The number of oxazole rings is 1. The highest BCUT2D eigenvalue weighted by atomic mass is 16.3. The highest BCUT2D eigenvalue weighted by Crippen LogP contribution is 2.44. The molecule has 5 nitrogen and oxygen atoms in total. The summed E-state index contributed by atoms with van der Waals surface area (Å²) in [5.74, 6) is 0.697. The van der Waals surface area contributed by atoms with E-state index in [9.17, 15) is 0 Å². The van der Waals surface area contributed by atoms with E-state index in [0.29, 0.717) is 5.82 Å². The van der Waals surface area contributed by atoms with Crippen LogP contribution in [0.4, 0.5) is 0 Å². The molecular weight excluding hydrogens is 613 g/mol. The van der Waals surface area contributed by atoms with E-state index in [1.54, 1.807) is 6.39 Å². The van der Waals surface area contributed by atoms with Crippen molar-refractivity contribution in [2.75, 3.05) is 0 Å². The zero-order valence-corrected chi connectivity index (χ0v) is 26.7. The molecule has 0 radical (unpaired) electrons. The lowest BCUT2D eigenvalue weighted by Gasteiger charge is -2.12. The summed E-state index contributed by atoms with van der Waals surface area (Å²) in [6.45, 7) is 0. The van der Waals surface area contributed by atoms with Crippen molar-refractivity contribution in [3.05, 3.63) is 158 Å². The molecule has 0 saturated heterocycles. The van der Waals surface area contributed by atoms with Crippen molar-refractivity contribution in [3.8, 4) is 44.9 Å². The second-order valence-electron chi connectivity index (χ2n) is 12.9. The minimum atomic E-state index is 0.697. The molecule has 0 aliphatic heterocycles. The molecule has 4 aromatic heterocycles. The van der Waals surface area contributed by atoms with Gasteiger partial charge in [-0.3, -0.25) is 0 Å². The van der Waals surface area contributed by atoms with Crippen molar-refractivity contribution in [2.45, 2.75) is 0 Å². The summed E-state index contributed by atoms with van der Waals surface area (Å²) in [4.78, 5) is 14.9. The average Bonchev–Trinajstić information content (AvgIpc) is 3.89. The Labute approximate surface area is 286 Å². The number of hydrogen-bond acceptors (Lipinski definition) is 4. The fraction of sp³-hybridized carbons (Fsp3) is 0. The smallest absolute Gasteiger partial charge is 0.182 e. The van der Waals surface area contributed by atoms with E-state index in [2.05, 4.69) is 149 Å². The number of benzene rings is 7. The molecule has 0 fully saturated rings. The molecule has 11 aromatic rings. The van der Waals surface area contributed by atoms with Crippen molar-refractivity contribution < 1.29 is 4.42 Å². The second kappa shape index (κ2) is 10.3. The van der Waals surface area contributed by atoms with E-state index in [0.717, 1.165) is 71.8 Å². The fourth-order valence-corrected chi connectivity index (χ4v) is 7.80. The average molecular weight is 639 g/mol. The van der Waals surface area contributed by atoms with Gasteiger partial charge in [0.05, 0.1) is 33.1 Å². The van der Waals surface area contributed by atoms with E-state index in [1.165, 1.54) is 27.4 Å². The topological polar surface area (TPSA) is 56.2 Å². The highest BCUT2D eigenvalue weighted by Gasteiger charge is 2.22. The normalized spacial score (nSPS) is 12.0. The lowest BCUT2D eigenvalue weighted by Crippen LogP contribution is -1.95. The van der Waals surface area contributed by atoms with Crippen molar-refractivity contribution >= 4 is 60.1 Å². The Bertz CT molecular complexity index is 3100. The Balaban J connectivity index is 1.08. The van der Waals surface area contributed by atoms with Gasteiger partial charge in [0.15, 0.2) is 17.8 Å². The maximum atomic E-state index is 6.03. The van der Waals surface area contributed by atoms with E-state index < -0.39 is 0 Å². The minimum Gasteiger partial charge on any atom is -0.443 e. The van der Waals surface area contributed by atoms with Crippen LogP contribution in [0.5, 0.6) is 0 Å². The molecule has 0 aliphatic rings. The minimum absolute atomic E-state index is 0.697. The standard InChI is InChI=1S/C45H26N4O/c1-2-10-27(11-3-1)28-12-8-14-31(22-28)42-34-17-4-6-18-37(34)47-45(48-42)32-15-9-13-29(23-32)30-20-21-40-36(24-30)41-43-35(25-38-44(41)50-26-46-38)33-16-5-7-19-39(33)49(40)43/h1-26H. The van der Waals surface area contributed by atoms with Crippen LogP contribution < -0.4 is 0 Å². The van der Waals surface area contributed by atoms with Crippen LogP contribution in [0.25, 0.3) is 105 Å². The largest absolute Gasteiger partial charge is 0.443 e.